The molecule has 31 heavy (non-hydrogen) atoms. The van der Waals surface area contributed by atoms with E-state index in [0.29, 0.717) is 13.1 Å². The second kappa shape index (κ2) is 11.2. The van der Waals surface area contributed by atoms with Crippen LogP contribution in [0.2, 0.25) is 0 Å². The van der Waals surface area contributed by atoms with Crippen LogP contribution in [-0.2, 0) is 24.3 Å². The maximum absolute atomic E-state index is 12.5. The molecule has 1 aliphatic rings. The lowest BCUT2D eigenvalue weighted by Gasteiger charge is -2.18. The molecule has 1 aromatic carbocycles. The first-order chi connectivity index (χ1) is 14.7. The molecule has 0 saturated heterocycles. The number of nitrogens with zero attached hydrogens (tertiary/aromatic N) is 1. The van der Waals surface area contributed by atoms with E-state index in [-0.39, 0.29) is 22.4 Å². The highest BCUT2D eigenvalue weighted by atomic mass is 32.2. The molecule has 0 heterocycles. The molecule has 0 aliphatic heterocycles. The number of ether oxygens (including phenoxy) is 1. The molecule has 0 bridgehead atoms. The average Bonchev–Trinajstić information content (AvgIpc) is 3.25. The molecule has 1 fully saturated rings. The highest BCUT2D eigenvalue weighted by Gasteiger charge is 2.24. The van der Waals surface area contributed by atoms with E-state index in [9.17, 15) is 22.8 Å². The van der Waals surface area contributed by atoms with Crippen LogP contribution in [0.1, 0.15) is 56.8 Å². The third-order valence-electron chi connectivity index (χ3n) is 5.23. The van der Waals surface area contributed by atoms with Crippen LogP contribution in [0.25, 0.3) is 0 Å². The van der Waals surface area contributed by atoms with Crippen LogP contribution in [-0.4, -0.2) is 62.3 Å². The van der Waals surface area contributed by atoms with Crippen LogP contribution in [0.5, 0.6) is 0 Å². The van der Waals surface area contributed by atoms with Gasteiger partial charge in [0.1, 0.15) is 6.54 Å². The van der Waals surface area contributed by atoms with Crippen molar-refractivity contribution in [1.29, 1.82) is 0 Å². The molecular weight excluding hydrogens is 422 g/mol. The van der Waals surface area contributed by atoms with Gasteiger partial charge in [0.15, 0.2) is 6.10 Å². The van der Waals surface area contributed by atoms with Gasteiger partial charge in [-0.15, -0.1) is 0 Å². The second-order valence-electron chi connectivity index (χ2n) is 7.42. The summed E-state index contributed by atoms with van der Waals surface area (Å²) in [6.07, 6.45) is 3.06. The Morgan fingerprint density at radius 1 is 1.10 bits per heavy atom. The Morgan fingerprint density at radius 3 is 2.23 bits per heavy atom. The molecule has 2 rings (SSSR count). The number of nitrogens with one attached hydrogen (secondary N) is 2. The van der Waals surface area contributed by atoms with E-state index in [0.717, 1.165) is 25.7 Å². The first-order valence-corrected chi connectivity index (χ1v) is 12.0. The molecule has 1 aromatic rings. The molecule has 1 saturated carbocycles. The maximum Gasteiger partial charge on any atom is 0.326 e. The minimum Gasteiger partial charge on any atom is -0.451 e. The quantitative estimate of drug-likeness (QED) is 0.517. The van der Waals surface area contributed by atoms with Gasteiger partial charge >= 0.3 is 5.97 Å². The summed E-state index contributed by atoms with van der Waals surface area (Å²) in [4.78, 5) is 36.4. The summed E-state index contributed by atoms with van der Waals surface area (Å²) < 4.78 is 31.4. The van der Waals surface area contributed by atoms with Gasteiger partial charge in [-0.3, -0.25) is 14.4 Å². The third-order valence-corrected chi connectivity index (χ3v) is 7.30. The summed E-state index contributed by atoms with van der Waals surface area (Å²) in [5.74, 6) is -1.63. The van der Waals surface area contributed by atoms with Crippen LogP contribution in [0.3, 0.4) is 0 Å². The van der Waals surface area contributed by atoms with Crippen molar-refractivity contribution in [2.75, 3.05) is 19.6 Å². The van der Waals surface area contributed by atoms with Gasteiger partial charge in [-0.1, -0.05) is 26.7 Å². The molecule has 2 amide bonds. The molecule has 172 valence electrons. The van der Waals surface area contributed by atoms with Crippen molar-refractivity contribution in [3.05, 3.63) is 29.8 Å². The third kappa shape index (κ3) is 6.76. The minimum absolute atomic E-state index is 0.0919. The monoisotopic (exact) mass is 453 g/mol. The Balaban J connectivity index is 1.84. The number of benzene rings is 1. The second-order valence-corrected chi connectivity index (χ2v) is 9.36. The largest absolute Gasteiger partial charge is 0.451 e. The fraction of sp³-hybridized carbons (Fsp3) is 0.571. The molecular formula is C21H31N3O6S. The molecule has 0 radical (unpaired) electrons. The number of amides is 2. The number of hydrogen-bond acceptors (Lipinski definition) is 6. The van der Waals surface area contributed by atoms with Gasteiger partial charge < -0.3 is 15.4 Å². The smallest absolute Gasteiger partial charge is 0.326 e. The van der Waals surface area contributed by atoms with Crippen molar-refractivity contribution >= 4 is 27.8 Å². The SMILES string of the molecule is CCN(CC)S(=O)(=O)c1ccc(C(=O)NCC(=O)OC(C)C(=O)NC2CCCC2)cc1. The van der Waals surface area contributed by atoms with E-state index < -0.39 is 34.5 Å². The standard InChI is InChI=1S/C21H31N3O6S/c1-4-24(5-2)31(28,29)18-12-10-16(11-13-18)21(27)22-14-19(25)30-15(3)20(26)23-17-8-6-7-9-17/h10-13,15,17H,4-9,14H2,1-3H3,(H,22,27)(H,23,26). The van der Waals surface area contributed by atoms with Gasteiger partial charge in [0.2, 0.25) is 10.0 Å². The van der Waals surface area contributed by atoms with Gasteiger partial charge in [0.05, 0.1) is 4.90 Å². The van der Waals surface area contributed by atoms with Crippen LogP contribution in [0, 0.1) is 0 Å². The molecule has 0 spiro atoms. The Hall–Kier alpha value is -2.46. The topological polar surface area (TPSA) is 122 Å². The Morgan fingerprint density at radius 2 is 1.68 bits per heavy atom. The van der Waals surface area contributed by atoms with E-state index in [1.165, 1.54) is 35.5 Å². The summed E-state index contributed by atoms with van der Waals surface area (Å²) in [7, 11) is -3.61. The van der Waals surface area contributed by atoms with Gasteiger partial charge in [-0.25, -0.2) is 8.42 Å². The van der Waals surface area contributed by atoms with E-state index in [1.807, 2.05) is 0 Å². The number of carbonyl (C=O) groups is 3. The Bertz CT molecular complexity index is 875. The number of hydrogen-bond donors (Lipinski definition) is 2. The number of rotatable bonds is 10. The lowest BCUT2D eigenvalue weighted by atomic mass is 10.2. The number of sulfonamides is 1. The normalized spacial score (nSPS) is 15.5. The van der Waals surface area contributed by atoms with Crippen LogP contribution >= 0.6 is 0 Å². The average molecular weight is 454 g/mol. The van der Waals surface area contributed by atoms with Gasteiger partial charge in [-0.2, -0.15) is 4.31 Å². The molecule has 1 unspecified atom stereocenters. The first kappa shape index (κ1) is 24.8. The van der Waals surface area contributed by atoms with Crippen molar-refractivity contribution in [2.45, 2.75) is 63.5 Å². The van der Waals surface area contributed by atoms with Gasteiger partial charge in [-0.05, 0) is 44.0 Å². The predicted molar refractivity (Wildman–Crippen MR) is 115 cm³/mol. The van der Waals surface area contributed by atoms with Crippen LogP contribution < -0.4 is 10.6 Å². The van der Waals surface area contributed by atoms with E-state index in [1.54, 1.807) is 13.8 Å². The predicted octanol–water partition coefficient (Wildman–Crippen LogP) is 1.44. The van der Waals surface area contributed by atoms with Crippen molar-refractivity contribution in [3.8, 4) is 0 Å². The zero-order chi connectivity index (χ0) is 23.0. The summed E-state index contributed by atoms with van der Waals surface area (Å²) in [5.41, 5.74) is 0.207. The maximum atomic E-state index is 12.5. The van der Waals surface area contributed by atoms with Crippen LogP contribution in [0.15, 0.2) is 29.2 Å². The fourth-order valence-electron chi connectivity index (χ4n) is 3.43. The van der Waals surface area contributed by atoms with Crippen LogP contribution in [0.4, 0.5) is 0 Å². The lowest BCUT2D eigenvalue weighted by molar-refractivity contribution is -0.154. The summed E-state index contributed by atoms with van der Waals surface area (Å²) in [5, 5.41) is 5.27. The van der Waals surface area contributed by atoms with Gasteiger partial charge in [0.25, 0.3) is 11.8 Å². The van der Waals surface area contributed by atoms with Crippen molar-refractivity contribution in [3.63, 3.8) is 0 Å². The Labute approximate surface area is 183 Å². The number of esters is 1. The molecule has 10 heteroatoms. The van der Waals surface area contributed by atoms with E-state index >= 15 is 0 Å². The molecule has 1 atom stereocenters. The number of carbonyl (C=O) groups excluding carboxylic acids is 3. The van der Waals surface area contributed by atoms with E-state index in [2.05, 4.69) is 10.6 Å². The zero-order valence-electron chi connectivity index (χ0n) is 18.2. The Kier molecular flexibility index (Phi) is 9.00. The molecule has 0 aromatic heterocycles. The van der Waals surface area contributed by atoms with Crippen molar-refractivity contribution < 1.29 is 27.5 Å². The van der Waals surface area contributed by atoms with Gasteiger partial charge in [0, 0.05) is 24.7 Å². The van der Waals surface area contributed by atoms with Crippen molar-refractivity contribution in [2.24, 2.45) is 0 Å². The summed E-state index contributed by atoms with van der Waals surface area (Å²) in [6.45, 7) is 5.28. The molecule has 2 N–H and O–H groups in total. The summed E-state index contributed by atoms with van der Waals surface area (Å²) >= 11 is 0. The first-order valence-electron chi connectivity index (χ1n) is 10.6. The minimum atomic E-state index is -3.61. The highest BCUT2D eigenvalue weighted by molar-refractivity contribution is 7.89. The zero-order valence-corrected chi connectivity index (χ0v) is 19.0. The summed E-state index contributed by atoms with van der Waals surface area (Å²) in [6, 6.07) is 5.61. The molecule has 9 nitrogen and oxygen atoms in total. The van der Waals surface area contributed by atoms with E-state index in [4.69, 9.17) is 4.74 Å². The fourth-order valence-corrected chi connectivity index (χ4v) is 4.88. The molecule has 1 aliphatic carbocycles. The lowest BCUT2D eigenvalue weighted by Crippen LogP contribution is -2.42. The van der Waals surface area contributed by atoms with Crippen molar-refractivity contribution in [1.82, 2.24) is 14.9 Å². The highest BCUT2D eigenvalue weighted by Crippen LogP contribution is 2.18.